The van der Waals surface area contributed by atoms with E-state index in [0.717, 1.165) is 27.4 Å². The standard InChI is InChI=1S/C20H20N4O3S/c21-9-8-13(12-4-2-1-3-5-12)19(25)24-10-14-15(11-24)22-23-18(14)16-6-7-17(28-16)20(26)27/h1-7,13H,8-11,21H2,(H,22,23)(H,26,27). The topological polar surface area (TPSA) is 112 Å². The Kier molecular flexibility index (Phi) is 4.97. The number of H-pyrrole nitrogens is 1. The molecule has 0 saturated carbocycles. The number of nitrogens with zero attached hydrogens (tertiary/aromatic N) is 2. The molecule has 0 radical (unpaired) electrons. The molecular formula is C20H20N4O3S. The van der Waals surface area contributed by atoms with Gasteiger partial charge in [-0.1, -0.05) is 30.3 Å². The number of aromatic amines is 1. The van der Waals surface area contributed by atoms with Crippen molar-refractivity contribution in [1.29, 1.82) is 0 Å². The first kappa shape index (κ1) is 18.4. The van der Waals surface area contributed by atoms with Gasteiger partial charge in [0.25, 0.3) is 0 Å². The lowest BCUT2D eigenvalue weighted by atomic mass is 9.94. The van der Waals surface area contributed by atoms with Gasteiger partial charge in [-0.15, -0.1) is 11.3 Å². The number of aromatic nitrogens is 2. The van der Waals surface area contributed by atoms with Crippen LogP contribution in [0.2, 0.25) is 0 Å². The van der Waals surface area contributed by atoms with Crippen molar-refractivity contribution in [2.24, 2.45) is 5.73 Å². The van der Waals surface area contributed by atoms with Gasteiger partial charge >= 0.3 is 5.97 Å². The largest absolute Gasteiger partial charge is 0.477 e. The Balaban J connectivity index is 1.57. The fourth-order valence-corrected chi connectivity index (χ4v) is 4.45. The van der Waals surface area contributed by atoms with E-state index < -0.39 is 5.97 Å². The van der Waals surface area contributed by atoms with Crippen molar-refractivity contribution in [3.05, 3.63) is 64.2 Å². The number of hydrogen-bond donors (Lipinski definition) is 3. The molecule has 1 atom stereocenters. The van der Waals surface area contributed by atoms with Crippen molar-refractivity contribution in [2.75, 3.05) is 6.54 Å². The lowest BCUT2D eigenvalue weighted by molar-refractivity contribution is -0.133. The Morgan fingerprint density at radius 1 is 1.21 bits per heavy atom. The molecule has 28 heavy (non-hydrogen) atoms. The monoisotopic (exact) mass is 396 g/mol. The quantitative estimate of drug-likeness (QED) is 0.593. The van der Waals surface area contributed by atoms with E-state index in [-0.39, 0.29) is 16.7 Å². The van der Waals surface area contributed by atoms with Crippen molar-refractivity contribution in [3.63, 3.8) is 0 Å². The molecule has 7 nitrogen and oxygen atoms in total. The number of thiophene rings is 1. The second kappa shape index (κ2) is 7.57. The predicted molar refractivity (Wildman–Crippen MR) is 106 cm³/mol. The zero-order chi connectivity index (χ0) is 19.7. The Labute approximate surface area is 165 Å². The van der Waals surface area contributed by atoms with Crippen molar-refractivity contribution in [1.82, 2.24) is 15.1 Å². The molecule has 0 spiro atoms. The van der Waals surface area contributed by atoms with Crippen LogP contribution in [-0.2, 0) is 17.9 Å². The van der Waals surface area contributed by atoms with E-state index in [4.69, 9.17) is 10.8 Å². The Bertz CT molecular complexity index is 1010. The van der Waals surface area contributed by atoms with Crippen LogP contribution in [0.15, 0.2) is 42.5 Å². The highest BCUT2D eigenvalue weighted by atomic mass is 32.1. The summed E-state index contributed by atoms with van der Waals surface area (Å²) in [5.41, 5.74) is 9.30. The SMILES string of the molecule is NCCC(C(=O)N1Cc2[nH]nc(-c3ccc(C(=O)O)s3)c2C1)c1ccccc1. The molecule has 0 bridgehead atoms. The summed E-state index contributed by atoms with van der Waals surface area (Å²) in [6.45, 7) is 1.35. The van der Waals surface area contributed by atoms with E-state index in [9.17, 15) is 9.59 Å². The van der Waals surface area contributed by atoms with Crippen molar-refractivity contribution < 1.29 is 14.7 Å². The number of amides is 1. The van der Waals surface area contributed by atoms with Crippen LogP contribution >= 0.6 is 11.3 Å². The molecule has 3 aromatic rings. The van der Waals surface area contributed by atoms with Gasteiger partial charge < -0.3 is 15.7 Å². The molecule has 1 aliphatic rings. The first-order valence-electron chi connectivity index (χ1n) is 9.02. The molecule has 4 rings (SSSR count). The van der Waals surface area contributed by atoms with E-state index in [2.05, 4.69) is 10.2 Å². The van der Waals surface area contributed by atoms with Crippen LogP contribution in [-0.4, -0.2) is 38.6 Å². The van der Waals surface area contributed by atoms with E-state index in [0.29, 0.717) is 26.1 Å². The average molecular weight is 396 g/mol. The first-order valence-corrected chi connectivity index (χ1v) is 9.83. The van der Waals surface area contributed by atoms with Gasteiger partial charge in [-0.2, -0.15) is 5.10 Å². The number of carbonyl (C=O) groups is 2. The number of nitrogens with two attached hydrogens (primary N) is 1. The summed E-state index contributed by atoms with van der Waals surface area (Å²) in [4.78, 5) is 27.2. The Hall–Kier alpha value is -2.97. The summed E-state index contributed by atoms with van der Waals surface area (Å²) >= 11 is 1.18. The van der Waals surface area contributed by atoms with Crippen LogP contribution in [0.3, 0.4) is 0 Å². The van der Waals surface area contributed by atoms with Crippen LogP contribution in [0.5, 0.6) is 0 Å². The van der Waals surface area contributed by atoms with Crippen molar-refractivity contribution >= 4 is 23.2 Å². The summed E-state index contributed by atoms with van der Waals surface area (Å²) < 4.78 is 0. The maximum Gasteiger partial charge on any atom is 0.345 e. The highest BCUT2D eigenvalue weighted by Crippen LogP contribution is 2.36. The molecule has 144 valence electrons. The maximum atomic E-state index is 13.2. The van der Waals surface area contributed by atoms with E-state index in [1.807, 2.05) is 35.2 Å². The van der Waals surface area contributed by atoms with E-state index in [1.165, 1.54) is 11.3 Å². The number of fused-ring (bicyclic) bond motifs is 1. The number of hydrogen-bond acceptors (Lipinski definition) is 5. The summed E-state index contributed by atoms with van der Waals surface area (Å²) in [6.07, 6.45) is 0.589. The second-order valence-corrected chi connectivity index (χ2v) is 7.82. The first-order chi connectivity index (χ1) is 13.6. The third-order valence-electron chi connectivity index (χ3n) is 4.97. The summed E-state index contributed by atoms with van der Waals surface area (Å²) in [5.74, 6) is -1.18. The molecule has 0 saturated heterocycles. The number of carboxylic acid groups (broad SMARTS) is 1. The minimum atomic E-state index is -0.951. The minimum Gasteiger partial charge on any atom is -0.477 e. The molecule has 8 heteroatoms. The van der Waals surface area contributed by atoms with E-state index in [1.54, 1.807) is 12.1 Å². The van der Waals surface area contributed by atoms with Crippen LogP contribution in [0, 0.1) is 0 Å². The number of rotatable bonds is 6. The molecular weight excluding hydrogens is 376 g/mol. The number of benzene rings is 1. The molecule has 1 unspecified atom stereocenters. The Morgan fingerprint density at radius 2 is 2.00 bits per heavy atom. The number of nitrogens with one attached hydrogen (secondary N) is 1. The van der Waals surface area contributed by atoms with Gasteiger partial charge in [0.1, 0.15) is 10.6 Å². The van der Waals surface area contributed by atoms with Gasteiger partial charge in [-0.05, 0) is 30.7 Å². The van der Waals surface area contributed by atoms with Crippen molar-refractivity contribution in [3.8, 4) is 10.6 Å². The van der Waals surface area contributed by atoms with Gasteiger partial charge in [-0.25, -0.2) is 4.79 Å². The number of carbonyl (C=O) groups excluding carboxylic acids is 1. The summed E-state index contributed by atoms with van der Waals surface area (Å²) in [7, 11) is 0. The van der Waals surface area contributed by atoms with Gasteiger partial charge in [-0.3, -0.25) is 9.89 Å². The lowest BCUT2D eigenvalue weighted by Gasteiger charge is -2.23. The van der Waals surface area contributed by atoms with Gasteiger partial charge in [0.15, 0.2) is 0 Å². The zero-order valence-corrected chi connectivity index (χ0v) is 15.9. The molecule has 3 heterocycles. The molecule has 0 aliphatic carbocycles. The van der Waals surface area contributed by atoms with Gasteiger partial charge in [0.05, 0.1) is 29.6 Å². The Morgan fingerprint density at radius 3 is 2.68 bits per heavy atom. The zero-order valence-electron chi connectivity index (χ0n) is 15.1. The molecule has 4 N–H and O–H groups in total. The summed E-state index contributed by atoms with van der Waals surface area (Å²) in [6, 6.07) is 13.0. The lowest BCUT2D eigenvalue weighted by Crippen LogP contribution is -2.32. The second-order valence-electron chi connectivity index (χ2n) is 6.73. The summed E-state index contributed by atoms with van der Waals surface area (Å²) in [5, 5.41) is 16.5. The smallest absolute Gasteiger partial charge is 0.345 e. The third kappa shape index (κ3) is 3.32. The van der Waals surface area contributed by atoms with Gasteiger partial charge in [0, 0.05) is 5.56 Å². The third-order valence-corrected chi connectivity index (χ3v) is 6.05. The minimum absolute atomic E-state index is 0.0459. The normalized spacial score (nSPS) is 14.1. The van der Waals surface area contributed by atoms with Crippen molar-refractivity contribution in [2.45, 2.75) is 25.4 Å². The van der Waals surface area contributed by atoms with Crippen LogP contribution < -0.4 is 5.73 Å². The molecule has 2 aromatic heterocycles. The molecule has 1 aliphatic heterocycles. The number of aromatic carboxylic acids is 1. The van der Waals surface area contributed by atoms with Crippen LogP contribution in [0.4, 0.5) is 0 Å². The molecule has 1 aromatic carbocycles. The molecule has 0 fully saturated rings. The highest BCUT2D eigenvalue weighted by Gasteiger charge is 2.33. The maximum absolute atomic E-state index is 13.2. The average Bonchev–Trinajstić information content (AvgIpc) is 3.41. The highest BCUT2D eigenvalue weighted by molar-refractivity contribution is 7.17. The molecule has 1 amide bonds. The van der Waals surface area contributed by atoms with Crippen LogP contribution in [0.25, 0.3) is 10.6 Å². The van der Waals surface area contributed by atoms with Crippen LogP contribution in [0.1, 0.15) is 38.8 Å². The number of carboxylic acids is 1. The fraction of sp³-hybridized carbons (Fsp3) is 0.250. The van der Waals surface area contributed by atoms with Gasteiger partial charge in [0.2, 0.25) is 5.91 Å². The fourth-order valence-electron chi connectivity index (χ4n) is 3.58. The van der Waals surface area contributed by atoms with E-state index >= 15 is 0 Å². The predicted octanol–water partition coefficient (Wildman–Crippen LogP) is 2.81.